The second-order valence-electron chi connectivity index (χ2n) is 6.38. The number of rotatable bonds is 2. The number of fused-ring (bicyclic) bond motifs is 2. The quantitative estimate of drug-likeness (QED) is 0.554. The van der Waals surface area contributed by atoms with Crippen LogP contribution in [-0.4, -0.2) is 31.1 Å². The Bertz CT molecular complexity index is 395. The minimum atomic E-state index is -0.875. The first kappa shape index (κ1) is 12.2. The van der Waals surface area contributed by atoms with Crippen LogP contribution in [0.4, 0.5) is 0 Å². The summed E-state index contributed by atoms with van der Waals surface area (Å²) < 4.78 is 10.8. The molecular formula is C14H20O4. The molecule has 2 unspecified atom stereocenters. The highest BCUT2D eigenvalue weighted by Crippen LogP contribution is 2.64. The monoisotopic (exact) mass is 252 g/mol. The Morgan fingerprint density at radius 2 is 2.17 bits per heavy atom. The first-order valence-corrected chi connectivity index (χ1v) is 6.80. The number of ketones is 1. The molecule has 2 saturated carbocycles. The van der Waals surface area contributed by atoms with E-state index >= 15 is 0 Å². The Kier molecular flexibility index (Phi) is 2.56. The summed E-state index contributed by atoms with van der Waals surface area (Å²) in [5, 5.41) is 0. The minimum Gasteiger partial charge on any atom is -0.459 e. The highest BCUT2D eigenvalue weighted by molar-refractivity contribution is 6.07. The van der Waals surface area contributed by atoms with Crippen molar-refractivity contribution in [3.05, 3.63) is 0 Å². The SMILES string of the molecule is CC1(C)C2CCC1(C(=O)O[C@H]1CCOC1)C(=O)C2. The Hall–Kier alpha value is -0.900. The summed E-state index contributed by atoms with van der Waals surface area (Å²) in [7, 11) is 0. The standard InChI is InChI=1S/C14H20O4/c1-13(2)9-3-5-14(13,11(15)7-9)12(16)18-10-4-6-17-8-10/h9-10H,3-8H2,1-2H3/t9?,10-,14?/m0/s1. The van der Waals surface area contributed by atoms with E-state index in [0.29, 0.717) is 32.0 Å². The van der Waals surface area contributed by atoms with Gasteiger partial charge in [0.15, 0.2) is 5.78 Å². The fraction of sp³-hybridized carbons (Fsp3) is 0.857. The van der Waals surface area contributed by atoms with Crippen LogP contribution in [0.3, 0.4) is 0 Å². The normalized spacial score (nSPS) is 41.3. The van der Waals surface area contributed by atoms with Gasteiger partial charge in [-0.15, -0.1) is 0 Å². The molecule has 3 atom stereocenters. The molecule has 0 aromatic heterocycles. The Balaban J connectivity index is 1.84. The van der Waals surface area contributed by atoms with Gasteiger partial charge in [-0.25, -0.2) is 0 Å². The van der Waals surface area contributed by atoms with Gasteiger partial charge in [0.2, 0.25) is 0 Å². The van der Waals surface area contributed by atoms with Crippen molar-refractivity contribution in [2.75, 3.05) is 13.2 Å². The van der Waals surface area contributed by atoms with Crippen LogP contribution < -0.4 is 0 Å². The van der Waals surface area contributed by atoms with Crippen LogP contribution in [0, 0.1) is 16.7 Å². The maximum atomic E-state index is 12.5. The predicted molar refractivity (Wildman–Crippen MR) is 63.9 cm³/mol. The second kappa shape index (κ2) is 3.80. The molecule has 3 fully saturated rings. The lowest BCUT2D eigenvalue weighted by Crippen LogP contribution is -2.45. The van der Waals surface area contributed by atoms with E-state index in [-0.39, 0.29) is 23.3 Å². The molecule has 0 aromatic carbocycles. The Morgan fingerprint density at radius 1 is 1.39 bits per heavy atom. The van der Waals surface area contributed by atoms with Crippen molar-refractivity contribution < 1.29 is 19.1 Å². The van der Waals surface area contributed by atoms with Crippen LogP contribution in [0.15, 0.2) is 0 Å². The van der Waals surface area contributed by atoms with E-state index in [2.05, 4.69) is 0 Å². The van der Waals surface area contributed by atoms with Crippen LogP contribution in [0.2, 0.25) is 0 Å². The van der Waals surface area contributed by atoms with E-state index in [0.717, 1.165) is 12.8 Å². The van der Waals surface area contributed by atoms with Gasteiger partial charge in [0.05, 0.1) is 13.2 Å². The molecule has 1 aliphatic heterocycles. The van der Waals surface area contributed by atoms with Crippen LogP contribution >= 0.6 is 0 Å². The summed E-state index contributed by atoms with van der Waals surface area (Å²) in [4.78, 5) is 24.8. The largest absolute Gasteiger partial charge is 0.459 e. The third kappa shape index (κ3) is 1.35. The third-order valence-electron chi connectivity index (χ3n) is 5.41. The minimum absolute atomic E-state index is 0.0904. The van der Waals surface area contributed by atoms with Gasteiger partial charge in [-0.3, -0.25) is 9.59 Å². The first-order valence-electron chi connectivity index (χ1n) is 6.80. The maximum Gasteiger partial charge on any atom is 0.320 e. The van der Waals surface area contributed by atoms with Crippen molar-refractivity contribution in [1.82, 2.24) is 0 Å². The fourth-order valence-electron chi connectivity index (χ4n) is 4.01. The first-order chi connectivity index (χ1) is 8.48. The number of esters is 1. The summed E-state index contributed by atoms with van der Waals surface area (Å²) in [6.07, 6.45) is 2.77. The van der Waals surface area contributed by atoms with E-state index in [1.54, 1.807) is 0 Å². The van der Waals surface area contributed by atoms with Gasteiger partial charge in [0.25, 0.3) is 0 Å². The zero-order chi connectivity index (χ0) is 13.0. The smallest absolute Gasteiger partial charge is 0.320 e. The molecule has 100 valence electrons. The van der Waals surface area contributed by atoms with E-state index in [1.165, 1.54) is 0 Å². The molecule has 2 bridgehead atoms. The van der Waals surface area contributed by atoms with Crippen molar-refractivity contribution in [1.29, 1.82) is 0 Å². The van der Waals surface area contributed by atoms with Gasteiger partial charge in [-0.05, 0) is 24.2 Å². The summed E-state index contributed by atoms with van der Waals surface area (Å²) in [5.74, 6) is 0.137. The zero-order valence-electron chi connectivity index (χ0n) is 11.0. The number of carbonyl (C=O) groups excluding carboxylic acids is 2. The molecule has 4 nitrogen and oxygen atoms in total. The summed E-state index contributed by atoms with van der Waals surface area (Å²) in [5.41, 5.74) is -1.12. The molecule has 0 spiro atoms. The predicted octanol–water partition coefficient (Wildman–Crippen LogP) is 1.71. The lowest BCUT2D eigenvalue weighted by Gasteiger charge is -2.34. The number of hydrogen-bond acceptors (Lipinski definition) is 4. The van der Waals surface area contributed by atoms with Crippen molar-refractivity contribution in [3.8, 4) is 0 Å². The van der Waals surface area contributed by atoms with Crippen LogP contribution in [0.25, 0.3) is 0 Å². The number of carbonyl (C=O) groups is 2. The van der Waals surface area contributed by atoms with Gasteiger partial charge in [-0.2, -0.15) is 0 Å². The summed E-state index contributed by atoms with van der Waals surface area (Å²) in [6.45, 7) is 5.20. The van der Waals surface area contributed by atoms with Gasteiger partial charge < -0.3 is 9.47 Å². The molecule has 0 aromatic rings. The van der Waals surface area contributed by atoms with E-state index in [1.807, 2.05) is 13.8 Å². The number of Topliss-reactive ketones (excluding diaryl/α,β-unsaturated/α-hetero) is 1. The second-order valence-corrected chi connectivity index (χ2v) is 6.38. The van der Waals surface area contributed by atoms with E-state index in [9.17, 15) is 9.59 Å². The van der Waals surface area contributed by atoms with Crippen LogP contribution in [0.1, 0.15) is 39.5 Å². The molecule has 18 heavy (non-hydrogen) atoms. The van der Waals surface area contributed by atoms with Gasteiger partial charge in [0, 0.05) is 12.8 Å². The Morgan fingerprint density at radius 3 is 2.67 bits per heavy atom. The maximum absolute atomic E-state index is 12.5. The molecule has 4 heteroatoms. The molecule has 1 heterocycles. The molecule has 0 amide bonds. The zero-order valence-corrected chi connectivity index (χ0v) is 11.0. The molecule has 2 aliphatic carbocycles. The average molecular weight is 252 g/mol. The highest BCUT2D eigenvalue weighted by atomic mass is 16.6. The molecular weight excluding hydrogens is 232 g/mol. The molecule has 1 saturated heterocycles. The molecule has 3 aliphatic rings. The van der Waals surface area contributed by atoms with Crippen molar-refractivity contribution >= 4 is 11.8 Å². The molecule has 0 N–H and O–H groups in total. The van der Waals surface area contributed by atoms with Crippen molar-refractivity contribution in [2.24, 2.45) is 16.7 Å². The van der Waals surface area contributed by atoms with Crippen LogP contribution in [0.5, 0.6) is 0 Å². The summed E-state index contributed by atoms with van der Waals surface area (Å²) in [6, 6.07) is 0. The number of hydrogen-bond donors (Lipinski definition) is 0. The lowest BCUT2D eigenvalue weighted by atomic mass is 9.69. The van der Waals surface area contributed by atoms with E-state index < -0.39 is 5.41 Å². The lowest BCUT2D eigenvalue weighted by molar-refractivity contribution is -0.169. The van der Waals surface area contributed by atoms with Crippen LogP contribution in [-0.2, 0) is 19.1 Å². The highest BCUT2D eigenvalue weighted by Gasteiger charge is 2.69. The Labute approximate surface area is 107 Å². The summed E-state index contributed by atoms with van der Waals surface area (Å²) >= 11 is 0. The third-order valence-corrected chi connectivity index (χ3v) is 5.41. The molecule has 3 rings (SSSR count). The van der Waals surface area contributed by atoms with Gasteiger partial charge >= 0.3 is 5.97 Å². The van der Waals surface area contributed by atoms with Gasteiger partial charge in [-0.1, -0.05) is 13.8 Å². The number of ether oxygens (including phenoxy) is 2. The van der Waals surface area contributed by atoms with Gasteiger partial charge in [0.1, 0.15) is 11.5 Å². The average Bonchev–Trinajstić information content (AvgIpc) is 2.93. The molecule has 0 radical (unpaired) electrons. The fourth-order valence-corrected chi connectivity index (χ4v) is 4.01. The van der Waals surface area contributed by atoms with Crippen molar-refractivity contribution in [3.63, 3.8) is 0 Å². The van der Waals surface area contributed by atoms with Crippen molar-refractivity contribution in [2.45, 2.75) is 45.6 Å². The topological polar surface area (TPSA) is 52.6 Å². The van der Waals surface area contributed by atoms with E-state index in [4.69, 9.17) is 9.47 Å².